The monoisotopic (exact) mass is 288 g/mol. The quantitative estimate of drug-likeness (QED) is 0.633. The molecule has 0 amide bonds. The van der Waals surface area contributed by atoms with E-state index in [1.165, 1.54) is 30.3 Å². The molecule has 2 aromatic carbocycles. The number of fused-ring (bicyclic) bond motifs is 1. The summed E-state index contributed by atoms with van der Waals surface area (Å²) in [5.74, 6) is -1.34. The molecule has 1 unspecified atom stereocenters. The molecule has 1 heterocycles. The largest absolute Gasteiger partial charge is 0.508 e. The minimum atomic E-state index is -1.49. The fourth-order valence-electron chi connectivity index (χ4n) is 2.33. The number of phenols is 3. The van der Waals surface area contributed by atoms with Crippen LogP contribution >= 0.6 is 0 Å². The van der Waals surface area contributed by atoms with E-state index < -0.39 is 23.7 Å². The predicted molar refractivity (Wildman–Crippen MR) is 71.6 cm³/mol. The number of ketones is 1. The van der Waals surface area contributed by atoms with Crippen molar-refractivity contribution in [3.8, 4) is 23.0 Å². The SMILES string of the molecule is O=C1c2c(O)cc(O)cc2O[C@H](c2ccc(O)cc2)C1O. The molecule has 4 N–H and O–H groups in total. The summed E-state index contributed by atoms with van der Waals surface area (Å²) in [5, 5.41) is 38.5. The predicted octanol–water partition coefficient (Wildman–Crippen LogP) is 1.48. The number of aliphatic hydroxyl groups excluding tert-OH is 1. The van der Waals surface area contributed by atoms with E-state index in [0.717, 1.165) is 6.07 Å². The molecule has 0 radical (unpaired) electrons. The van der Waals surface area contributed by atoms with Crippen molar-refractivity contribution in [2.24, 2.45) is 0 Å². The number of hydrogen-bond donors (Lipinski definition) is 4. The summed E-state index contributed by atoms with van der Waals surface area (Å²) >= 11 is 0. The molecule has 2 atom stereocenters. The number of carbonyl (C=O) groups is 1. The summed E-state index contributed by atoms with van der Waals surface area (Å²) < 4.78 is 5.53. The van der Waals surface area contributed by atoms with E-state index in [9.17, 15) is 25.2 Å². The maximum absolute atomic E-state index is 12.2. The number of rotatable bonds is 1. The number of Topliss-reactive ketones (excluding diaryl/α,β-unsaturated/α-hetero) is 1. The van der Waals surface area contributed by atoms with Crippen LogP contribution < -0.4 is 4.74 Å². The number of benzene rings is 2. The summed E-state index contributed by atoms with van der Waals surface area (Å²) in [4.78, 5) is 12.2. The maximum Gasteiger partial charge on any atom is 0.202 e. The molecule has 0 aromatic heterocycles. The lowest BCUT2D eigenvalue weighted by Crippen LogP contribution is -2.36. The summed E-state index contributed by atoms with van der Waals surface area (Å²) in [6.07, 6.45) is -2.47. The summed E-state index contributed by atoms with van der Waals surface area (Å²) in [5.41, 5.74) is 0.331. The normalized spacial score (nSPS) is 20.7. The topological polar surface area (TPSA) is 107 Å². The van der Waals surface area contributed by atoms with Crippen LogP contribution in [0.2, 0.25) is 0 Å². The van der Waals surface area contributed by atoms with Gasteiger partial charge in [0.15, 0.2) is 12.2 Å². The number of ether oxygens (including phenoxy) is 1. The van der Waals surface area contributed by atoms with Gasteiger partial charge in [-0.2, -0.15) is 0 Å². The van der Waals surface area contributed by atoms with Gasteiger partial charge in [-0.3, -0.25) is 4.79 Å². The van der Waals surface area contributed by atoms with Crippen LogP contribution in [0.4, 0.5) is 0 Å². The van der Waals surface area contributed by atoms with Gasteiger partial charge in [0.2, 0.25) is 5.78 Å². The van der Waals surface area contributed by atoms with E-state index in [1.54, 1.807) is 0 Å². The smallest absolute Gasteiger partial charge is 0.202 e. The second-order valence-corrected chi connectivity index (χ2v) is 4.78. The van der Waals surface area contributed by atoms with Crippen LogP contribution in [0.1, 0.15) is 22.0 Å². The highest BCUT2D eigenvalue weighted by Crippen LogP contribution is 2.41. The zero-order valence-electron chi connectivity index (χ0n) is 10.7. The van der Waals surface area contributed by atoms with Crippen LogP contribution in [0.25, 0.3) is 0 Å². The molecule has 1 aliphatic heterocycles. The molecule has 6 heteroatoms. The number of carbonyl (C=O) groups excluding carboxylic acids is 1. The van der Waals surface area contributed by atoms with Gasteiger partial charge in [0, 0.05) is 12.1 Å². The van der Waals surface area contributed by atoms with Gasteiger partial charge in [0.05, 0.1) is 0 Å². The van der Waals surface area contributed by atoms with Crippen LogP contribution in [-0.2, 0) is 0 Å². The van der Waals surface area contributed by atoms with Crippen LogP contribution in [0.3, 0.4) is 0 Å². The van der Waals surface area contributed by atoms with Crippen LogP contribution in [-0.4, -0.2) is 32.3 Å². The first kappa shape index (κ1) is 13.3. The molecule has 3 rings (SSSR count). The standard InChI is InChI=1S/C15H12O6/c16-8-3-1-7(2-4-8)15-14(20)13(19)12-10(18)5-9(17)6-11(12)21-15/h1-6,14-18,20H/t14?,15-/m1/s1. The third-order valence-corrected chi connectivity index (χ3v) is 3.34. The van der Waals surface area contributed by atoms with Crippen molar-refractivity contribution in [2.75, 3.05) is 0 Å². The lowest BCUT2D eigenvalue weighted by Gasteiger charge is -2.30. The highest BCUT2D eigenvalue weighted by atomic mass is 16.5. The summed E-state index contributed by atoms with van der Waals surface area (Å²) in [7, 11) is 0. The first-order valence-electron chi connectivity index (χ1n) is 6.21. The van der Waals surface area contributed by atoms with Crippen LogP contribution in [0.5, 0.6) is 23.0 Å². The minimum Gasteiger partial charge on any atom is -0.508 e. The average Bonchev–Trinajstić information content (AvgIpc) is 2.43. The van der Waals surface area contributed by atoms with Crippen LogP contribution in [0.15, 0.2) is 36.4 Å². The lowest BCUT2D eigenvalue weighted by atomic mass is 9.93. The molecule has 6 nitrogen and oxygen atoms in total. The van der Waals surface area contributed by atoms with E-state index in [2.05, 4.69) is 0 Å². The van der Waals surface area contributed by atoms with Crippen molar-refractivity contribution >= 4 is 5.78 Å². The number of phenolic OH excluding ortho intramolecular Hbond substituents is 3. The van der Waals surface area contributed by atoms with Gasteiger partial charge in [0.1, 0.15) is 28.6 Å². The van der Waals surface area contributed by atoms with Gasteiger partial charge in [-0.15, -0.1) is 0 Å². The van der Waals surface area contributed by atoms with Gasteiger partial charge in [0.25, 0.3) is 0 Å². The Balaban J connectivity index is 2.07. The third kappa shape index (κ3) is 2.15. The van der Waals surface area contributed by atoms with Gasteiger partial charge in [-0.05, 0) is 17.7 Å². The fourth-order valence-corrected chi connectivity index (χ4v) is 2.33. The number of aliphatic hydroxyl groups is 1. The molecule has 0 saturated heterocycles. The van der Waals surface area contributed by atoms with Gasteiger partial charge < -0.3 is 25.2 Å². The fraction of sp³-hybridized carbons (Fsp3) is 0.133. The highest BCUT2D eigenvalue weighted by molar-refractivity contribution is 6.05. The van der Waals surface area contributed by atoms with Crippen molar-refractivity contribution in [1.82, 2.24) is 0 Å². The Morgan fingerprint density at radius 3 is 2.29 bits per heavy atom. The Bertz CT molecular complexity index is 707. The molecule has 21 heavy (non-hydrogen) atoms. The minimum absolute atomic E-state index is 0.000810. The van der Waals surface area contributed by atoms with Crippen molar-refractivity contribution in [2.45, 2.75) is 12.2 Å². The third-order valence-electron chi connectivity index (χ3n) is 3.34. The van der Waals surface area contributed by atoms with E-state index in [0.29, 0.717) is 5.56 Å². The van der Waals surface area contributed by atoms with Crippen molar-refractivity contribution < 1.29 is 30.0 Å². The summed E-state index contributed by atoms with van der Waals surface area (Å²) in [6.45, 7) is 0. The molecule has 0 aliphatic carbocycles. The van der Waals surface area contributed by atoms with Crippen molar-refractivity contribution in [3.63, 3.8) is 0 Å². The Morgan fingerprint density at radius 2 is 1.62 bits per heavy atom. The zero-order chi connectivity index (χ0) is 15.1. The Labute approximate surface area is 119 Å². The van der Waals surface area contributed by atoms with E-state index >= 15 is 0 Å². The highest BCUT2D eigenvalue weighted by Gasteiger charge is 2.39. The van der Waals surface area contributed by atoms with Gasteiger partial charge in [-0.25, -0.2) is 0 Å². The Morgan fingerprint density at radius 1 is 0.952 bits per heavy atom. The van der Waals surface area contributed by atoms with E-state index in [4.69, 9.17) is 4.74 Å². The Hall–Kier alpha value is -2.73. The molecule has 0 spiro atoms. The maximum atomic E-state index is 12.2. The second-order valence-electron chi connectivity index (χ2n) is 4.78. The average molecular weight is 288 g/mol. The first-order chi connectivity index (χ1) is 9.97. The molecule has 108 valence electrons. The van der Waals surface area contributed by atoms with Gasteiger partial charge >= 0.3 is 0 Å². The molecule has 1 aliphatic rings. The number of hydrogen-bond acceptors (Lipinski definition) is 6. The molecule has 0 bridgehead atoms. The molecule has 2 aromatic rings. The lowest BCUT2D eigenvalue weighted by molar-refractivity contribution is 0.0210. The molecule has 0 saturated carbocycles. The van der Waals surface area contributed by atoms with E-state index in [1.807, 2.05) is 0 Å². The van der Waals surface area contributed by atoms with Crippen molar-refractivity contribution in [1.29, 1.82) is 0 Å². The molecular weight excluding hydrogens is 276 g/mol. The second kappa shape index (κ2) is 4.68. The van der Waals surface area contributed by atoms with Crippen molar-refractivity contribution in [3.05, 3.63) is 47.5 Å². The molecule has 0 fully saturated rings. The zero-order valence-corrected chi connectivity index (χ0v) is 10.7. The van der Waals surface area contributed by atoms with E-state index in [-0.39, 0.29) is 22.8 Å². The van der Waals surface area contributed by atoms with Crippen LogP contribution in [0, 0.1) is 0 Å². The Kier molecular flexibility index (Phi) is 2.95. The summed E-state index contributed by atoms with van der Waals surface area (Å²) in [6, 6.07) is 8.06. The number of aromatic hydroxyl groups is 3. The molecular formula is C15H12O6. The van der Waals surface area contributed by atoms with Gasteiger partial charge in [-0.1, -0.05) is 12.1 Å². The first-order valence-corrected chi connectivity index (χ1v) is 6.21.